The van der Waals surface area contributed by atoms with Crippen LogP contribution in [0.5, 0.6) is 0 Å². The molecule has 3 aromatic rings. The summed E-state index contributed by atoms with van der Waals surface area (Å²) in [6, 6.07) is 5.08. The number of urea groups is 1. The molecule has 4 rings (SSSR count). The molecule has 1 aliphatic rings. The van der Waals surface area contributed by atoms with E-state index < -0.39 is 23.9 Å². The topological polar surface area (TPSA) is 135 Å². The maximum Gasteiger partial charge on any atom is 0.323 e. The van der Waals surface area contributed by atoms with Gasteiger partial charge < -0.3 is 20.5 Å². The summed E-state index contributed by atoms with van der Waals surface area (Å²) in [4.78, 5) is 47.8. The van der Waals surface area contributed by atoms with Crippen molar-refractivity contribution in [2.45, 2.75) is 38.3 Å². The average Bonchev–Trinajstić information content (AvgIpc) is 3.55. The number of aryl methyl sites for hydroxylation is 1. The lowest BCUT2D eigenvalue weighted by Gasteiger charge is -2.40. The lowest BCUT2D eigenvalue weighted by atomic mass is 9.85. The summed E-state index contributed by atoms with van der Waals surface area (Å²) in [5, 5.41) is 5.88. The molecule has 4 N–H and O–H groups in total. The highest BCUT2D eigenvalue weighted by Crippen LogP contribution is 2.28. The van der Waals surface area contributed by atoms with Gasteiger partial charge in [-0.25, -0.2) is 19.2 Å². The van der Waals surface area contributed by atoms with Crippen molar-refractivity contribution >= 4 is 34.3 Å². The van der Waals surface area contributed by atoms with Crippen molar-refractivity contribution in [3.63, 3.8) is 0 Å². The Kier molecular flexibility index (Phi) is 8.26. The van der Waals surface area contributed by atoms with Gasteiger partial charge in [0.05, 0.1) is 18.4 Å². The molecule has 0 aliphatic carbocycles. The van der Waals surface area contributed by atoms with Gasteiger partial charge >= 0.3 is 6.03 Å². The van der Waals surface area contributed by atoms with Crippen LogP contribution in [0.2, 0.25) is 0 Å². The van der Waals surface area contributed by atoms with E-state index in [1.165, 1.54) is 18.3 Å². The number of rotatable bonds is 9. The van der Waals surface area contributed by atoms with E-state index in [-0.39, 0.29) is 16.9 Å². The average molecular weight is 514 g/mol. The summed E-state index contributed by atoms with van der Waals surface area (Å²) in [5.74, 6) is -1.61. The summed E-state index contributed by atoms with van der Waals surface area (Å²) in [7, 11) is 0. The fourth-order valence-electron chi connectivity index (χ4n) is 4.33. The minimum atomic E-state index is -0.519. The van der Waals surface area contributed by atoms with E-state index in [1.54, 1.807) is 29.6 Å². The Balaban J connectivity index is 1.36. The Labute approximate surface area is 211 Å². The zero-order valence-corrected chi connectivity index (χ0v) is 20.4. The summed E-state index contributed by atoms with van der Waals surface area (Å²) >= 11 is 1.07. The van der Waals surface area contributed by atoms with Crippen LogP contribution in [0, 0.1) is 11.7 Å². The van der Waals surface area contributed by atoms with E-state index in [9.17, 15) is 18.8 Å². The summed E-state index contributed by atoms with van der Waals surface area (Å²) in [6.45, 7) is 1.67. The molecule has 2 aromatic heterocycles. The van der Waals surface area contributed by atoms with Gasteiger partial charge in [0, 0.05) is 38.1 Å². The van der Waals surface area contributed by atoms with E-state index in [0.29, 0.717) is 37.2 Å². The number of nitrogens with zero attached hydrogens (tertiary/aromatic N) is 4. The number of piperidine rings is 1. The highest BCUT2D eigenvalue weighted by molar-refractivity contribution is 7.17. The molecule has 1 saturated heterocycles. The number of thiazole rings is 1. The second-order valence-corrected chi connectivity index (χ2v) is 9.64. The number of benzene rings is 1. The van der Waals surface area contributed by atoms with Crippen LogP contribution in [-0.2, 0) is 17.8 Å². The number of likely N-dealkylation sites (tertiary alicyclic amines) is 1. The first-order valence-electron chi connectivity index (χ1n) is 11.7. The van der Waals surface area contributed by atoms with E-state index >= 15 is 0 Å². The second kappa shape index (κ2) is 11.8. The van der Waals surface area contributed by atoms with Gasteiger partial charge in [-0.1, -0.05) is 23.5 Å². The number of hydrogen-bond donors (Lipinski definition) is 3. The van der Waals surface area contributed by atoms with E-state index in [1.807, 2.05) is 10.8 Å². The minimum Gasteiger partial charge on any atom is -0.369 e. The molecule has 10 nitrogen and oxygen atoms in total. The number of nitrogens with one attached hydrogen (secondary N) is 2. The van der Waals surface area contributed by atoms with Crippen LogP contribution in [0.4, 0.5) is 14.3 Å². The molecule has 0 radical (unpaired) electrons. The Morgan fingerprint density at radius 2 is 2.03 bits per heavy atom. The first kappa shape index (κ1) is 25.3. The van der Waals surface area contributed by atoms with Crippen molar-refractivity contribution in [1.82, 2.24) is 24.8 Å². The molecule has 3 heterocycles. The van der Waals surface area contributed by atoms with E-state index in [2.05, 4.69) is 20.6 Å². The smallest absolute Gasteiger partial charge is 0.323 e. The van der Waals surface area contributed by atoms with Crippen molar-refractivity contribution in [1.29, 1.82) is 0 Å². The Morgan fingerprint density at radius 1 is 1.22 bits per heavy atom. The molecule has 1 aliphatic heterocycles. The largest absolute Gasteiger partial charge is 0.369 e. The van der Waals surface area contributed by atoms with Gasteiger partial charge in [-0.3, -0.25) is 14.9 Å². The lowest BCUT2D eigenvalue weighted by molar-refractivity contribution is -0.124. The van der Waals surface area contributed by atoms with Crippen LogP contribution < -0.4 is 16.4 Å². The number of amides is 4. The molecule has 2 unspecified atom stereocenters. The van der Waals surface area contributed by atoms with Gasteiger partial charge in [-0.15, -0.1) is 0 Å². The zero-order chi connectivity index (χ0) is 25.5. The van der Waals surface area contributed by atoms with Crippen molar-refractivity contribution in [3.05, 3.63) is 65.4 Å². The highest BCUT2D eigenvalue weighted by atomic mass is 32.1. The standard InChI is InChI=1S/C24H28FN7O3S/c25-17-6-4-16(5-7-17)13-19-18(21(26)33)3-1-11-32(19)24(35)30-23-29-14-20(36-23)22(34)28-8-2-10-31-12-9-27-15-31/h4-7,9,12,14-15,18-19H,1-3,8,10-11,13H2,(H2,26,33)(H,28,34)(H,29,30,35). The molecule has 12 heteroatoms. The number of aromatic nitrogens is 3. The second-order valence-electron chi connectivity index (χ2n) is 8.61. The first-order chi connectivity index (χ1) is 17.4. The number of anilines is 1. The van der Waals surface area contributed by atoms with Gasteiger partial charge in [-0.05, 0) is 43.4 Å². The third kappa shape index (κ3) is 6.45. The Morgan fingerprint density at radius 3 is 2.75 bits per heavy atom. The van der Waals surface area contributed by atoms with Crippen LogP contribution in [0.15, 0.2) is 49.2 Å². The van der Waals surface area contributed by atoms with Gasteiger partial charge in [0.15, 0.2) is 5.13 Å². The normalized spacial score (nSPS) is 17.5. The lowest BCUT2D eigenvalue weighted by Crippen LogP contribution is -2.54. The predicted molar refractivity (Wildman–Crippen MR) is 133 cm³/mol. The molecule has 0 spiro atoms. The number of imidazole rings is 1. The van der Waals surface area contributed by atoms with Crippen LogP contribution in [-0.4, -0.2) is 56.4 Å². The molecule has 190 valence electrons. The number of hydrogen-bond acceptors (Lipinski definition) is 6. The van der Waals surface area contributed by atoms with Crippen LogP contribution in [0.3, 0.4) is 0 Å². The maximum absolute atomic E-state index is 13.3. The predicted octanol–water partition coefficient (Wildman–Crippen LogP) is 2.64. The fourth-order valence-corrected chi connectivity index (χ4v) is 5.05. The number of nitrogens with two attached hydrogens (primary N) is 1. The van der Waals surface area contributed by atoms with E-state index in [4.69, 9.17) is 5.73 Å². The van der Waals surface area contributed by atoms with Crippen molar-refractivity contribution < 1.29 is 18.8 Å². The fraction of sp³-hybridized carbons (Fsp3) is 0.375. The number of carbonyl (C=O) groups is 3. The molecule has 4 amide bonds. The van der Waals surface area contributed by atoms with Crippen molar-refractivity contribution in [3.8, 4) is 0 Å². The summed E-state index contributed by atoms with van der Waals surface area (Å²) < 4.78 is 15.3. The highest BCUT2D eigenvalue weighted by Gasteiger charge is 2.37. The summed E-state index contributed by atoms with van der Waals surface area (Å²) in [6.07, 6.45) is 9.02. The molecule has 0 saturated carbocycles. The number of halogens is 1. The van der Waals surface area contributed by atoms with Crippen molar-refractivity contribution in [2.24, 2.45) is 11.7 Å². The van der Waals surface area contributed by atoms with Crippen LogP contribution in [0.25, 0.3) is 0 Å². The zero-order valence-electron chi connectivity index (χ0n) is 19.6. The molecular weight excluding hydrogens is 485 g/mol. The molecule has 0 bridgehead atoms. The third-order valence-electron chi connectivity index (χ3n) is 6.14. The SMILES string of the molecule is NC(=O)C1CCCN(C(=O)Nc2ncc(C(=O)NCCCn3ccnc3)s2)C1Cc1ccc(F)cc1. The minimum absolute atomic E-state index is 0.264. The van der Waals surface area contributed by atoms with Gasteiger partial charge in [0.25, 0.3) is 5.91 Å². The third-order valence-corrected chi connectivity index (χ3v) is 7.06. The van der Waals surface area contributed by atoms with Crippen LogP contribution in [0.1, 0.15) is 34.5 Å². The van der Waals surface area contributed by atoms with Gasteiger partial charge in [-0.2, -0.15) is 0 Å². The molecule has 36 heavy (non-hydrogen) atoms. The quantitative estimate of drug-likeness (QED) is 0.378. The summed E-state index contributed by atoms with van der Waals surface area (Å²) in [5.41, 5.74) is 6.45. The molecule has 1 fully saturated rings. The van der Waals surface area contributed by atoms with Crippen molar-refractivity contribution in [2.75, 3.05) is 18.4 Å². The first-order valence-corrected chi connectivity index (χ1v) is 12.5. The Hall–Kier alpha value is -3.80. The molecule has 1 aromatic carbocycles. The Bertz CT molecular complexity index is 1180. The van der Waals surface area contributed by atoms with Gasteiger partial charge in [0.2, 0.25) is 5.91 Å². The van der Waals surface area contributed by atoms with Gasteiger partial charge in [0.1, 0.15) is 10.7 Å². The number of primary amides is 1. The van der Waals surface area contributed by atoms with E-state index in [0.717, 1.165) is 29.9 Å². The van der Waals surface area contributed by atoms with Crippen LogP contribution >= 0.6 is 11.3 Å². The number of carbonyl (C=O) groups excluding carboxylic acids is 3. The maximum atomic E-state index is 13.3. The molecular formula is C24H28FN7O3S. The monoisotopic (exact) mass is 513 g/mol. The molecule has 2 atom stereocenters.